The van der Waals surface area contributed by atoms with Gasteiger partial charge in [-0.1, -0.05) is 20.3 Å². The number of rotatable bonds is 5. The molecule has 5 atom stereocenters. The smallest absolute Gasteiger partial charge is 0.0105 e. The SMILES string of the molecule is CCC1CCC(NC)C(CN2C(C)CCC2CC)C1. The zero-order valence-corrected chi connectivity index (χ0v) is 13.5. The van der Waals surface area contributed by atoms with Crippen LogP contribution in [0.5, 0.6) is 0 Å². The summed E-state index contributed by atoms with van der Waals surface area (Å²) in [5, 5.41) is 3.59. The summed E-state index contributed by atoms with van der Waals surface area (Å²) in [6, 6.07) is 2.42. The van der Waals surface area contributed by atoms with Crippen LogP contribution in [0.1, 0.15) is 65.7 Å². The second-order valence-electron chi connectivity index (χ2n) is 6.93. The van der Waals surface area contributed by atoms with E-state index in [0.29, 0.717) is 0 Å². The summed E-state index contributed by atoms with van der Waals surface area (Å²) in [4.78, 5) is 2.83. The zero-order valence-electron chi connectivity index (χ0n) is 13.5. The van der Waals surface area contributed by atoms with E-state index in [1.54, 1.807) is 0 Å². The van der Waals surface area contributed by atoms with Gasteiger partial charge >= 0.3 is 0 Å². The van der Waals surface area contributed by atoms with Gasteiger partial charge in [0.25, 0.3) is 0 Å². The molecule has 2 rings (SSSR count). The third kappa shape index (κ3) is 3.52. The maximum atomic E-state index is 3.59. The molecule has 1 saturated carbocycles. The molecular formula is C17H34N2. The van der Waals surface area contributed by atoms with E-state index in [0.717, 1.165) is 30.0 Å². The van der Waals surface area contributed by atoms with E-state index in [-0.39, 0.29) is 0 Å². The van der Waals surface area contributed by atoms with Gasteiger partial charge in [-0.25, -0.2) is 0 Å². The normalized spacial score (nSPS) is 40.7. The van der Waals surface area contributed by atoms with Gasteiger partial charge < -0.3 is 5.32 Å². The van der Waals surface area contributed by atoms with Crippen LogP contribution in [0.3, 0.4) is 0 Å². The molecule has 1 aliphatic heterocycles. The van der Waals surface area contributed by atoms with E-state index in [1.165, 1.54) is 51.5 Å². The molecule has 19 heavy (non-hydrogen) atoms. The van der Waals surface area contributed by atoms with Gasteiger partial charge in [-0.2, -0.15) is 0 Å². The second-order valence-corrected chi connectivity index (χ2v) is 6.93. The van der Waals surface area contributed by atoms with Crippen molar-refractivity contribution in [3.8, 4) is 0 Å². The van der Waals surface area contributed by atoms with Gasteiger partial charge in [-0.15, -0.1) is 0 Å². The van der Waals surface area contributed by atoms with Gasteiger partial charge in [-0.05, 0) is 64.3 Å². The van der Waals surface area contributed by atoms with E-state index in [1.807, 2.05) is 0 Å². The Balaban J connectivity index is 1.97. The van der Waals surface area contributed by atoms with Crippen molar-refractivity contribution in [1.29, 1.82) is 0 Å². The lowest BCUT2D eigenvalue weighted by atomic mass is 9.76. The lowest BCUT2D eigenvalue weighted by molar-refractivity contribution is 0.110. The van der Waals surface area contributed by atoms with Crippen LogP contribution < -0.4 is 5.32 Å². The molecule has 2 nitrogen and oxygen atoms in total. The summed E-state index contributed by atoms with van der Waals surface area (Å²) in [6.07, 6.45) is 9.81. The van der Waals surface area contributed by atoms with Gasteiger partial charge in [0.15, 0.2) is 0 Å². The van der Waals surface area contributed by atoms with Crippen molar-refractivity contribution in [2.75, 3.05) is 13.6 Å². The lowest BCUT2D eigenvalue weighted by Crippen LogP contribution is -2.47. The first-order valence-electron chi connectivity index (χ1n) is 8.62. The summed E-state index contributed by atoms with van der Waals surface area (Å²) in [6.45, 7) is 8.50. The van der Waals surface area contributed by atoms with Gasteiger partial charge in [0.2, 0.25) is 0 Å². The predicted molar refractivity (Wildman–Crippen MR) is 83.5 cm³/mol. The molecule has 2 aliphatic rings. The highest BCUT2D eigenvalue weighted by molar-refractivity contribution is 4.91. The standard InChI is InChI=1S/C17H34N2/c1-5-14-8-10-17(18-4)15(11-14)12-19-13(3)7-9-16(19)6-2/h13-18H,5-12H2,1-4H3. The molecule has 0 aromatic rings. The van der Waals surface area contributed by atoms with Crippen LogP contribution in [0.2, 0.25) is 0 Å². The Hall–Kier alpha value is -0.0800. The number of nitrogens with zero attached hydrogens (tertiary/aromatic N) is 1. The molecule has 2 heteroatoms. The maximum Gasteiger partial charge on any atom is 0.0105 e. The summed E-state index contributed by atoms with van der Waals surface area (Å²) in [5.74, 6) is 1.85. The van der Waals surface area contributed by atoms with Crippen molar-refractivity contribution >= 4 is 0 Å². The molecular weight excluding hydrogens is 232 g/mol. The predicted octanol–water partition coefficient (Wildman–Crippen LogP) is 3.66. The van der Waals surface area contributed by atoms with Crippen LogP contribution >= 0.6 is 0 Å². The first kappa shape index (κ1) is 15.3. The van der Waals surface area contributed by atoms with Crippen molar-refractivity contribution < 1.29 is 0 Å². The molecule has 0 radical (unpaired) electrons. The fraction of sp³-hybridized carbons (Fsp3) is 1.00. The number of hydrogen-bond acceptors (Lipinski definition) is 2. The summed E-state index contributed by atoms with van der Waals surface area (Å²) in [7, 11) is 2.16. The van der Waals surface area contributed by atoms with Crippen LogP contribution in [0.4, 0.5) is 0 Å². The Morgan fingerprint density at radius 2 is 1.84 bits per heavy atom. The van der Waals surface area contributed by atoms with Crippen molar-refractivity contribution in [2.45, 2.75) is 83.8 Å². The third-order valence-electron chi connectivity index (χ3n) is 5.91. The Morgan fingerprint density at radius 1 is 1.05 bits per heavy atom. The van der Waals surface area contributed by atoms with Crippen LogP contribution in [0.15, 0.2) is 0 Å². The molecule has 5 unspecified atom stereocenters. The van der Waals surface area contributed by atoms with Gasteiger partial charge in [0.1, 0.15) is 0 Å². The molecule has 0 spiro atoms. The Bertz CT molecular complexity index is 266. The topological polar surface area (TPSA) is 15.3 Å². The summed E-state index contributed by atoms with van der Waals surface area (Å²) >= 11 is 0. The first-order valence-corrected chi connectivity index (χ1v) is 8.62. The average Bonchev–Trinajstić information content (AvgIpc) is 2.79. The van der Waals surface area contributed by atoms with E-state index in [4.69, 9.17) is 0 Å². The number of hydrogen-bond donors (Lipinski definition) is 1. The van der Waals surface area contributed by atoms with E-state index in [9.17, 15) is 0 Å². The van der Waals surface area contributed by atoms with Gasteiger partial charge in [-0.3, -0.25) is 4.90 Å². The van der Waals surface area contributed by atoms with E-state index in [2.05, 4.69) is 38.0 Å². The molecule has 0 bridgehead atoms. The molecule has 0 amide bonds. The Morgan fingerprint density at radius 3 is 2.47 bits per heavy atom. The van der Waals surface area contributed by atoms with Crippen LogP contribution in [0, 0.1) is 11.8 Å². The van der Waals surface area contributed by atoms with Crippen molar-refractivity contribution in [3.05, 3.63) is 0 Å². The quantitative estimate of drug-likeness (QED) is 0.817. The molecule has 0 aromatic heterocycles. The molecule has 1 heterocycles. The minimum atomic E-state index is 0.758. The lowest BCUT2D eigenvalue weighted by Gasteiger charge is -2.40. The van der Waals surface area contributed by atoms with Gasteiger partial charge in [0.05, 0.1) is 0 Å². The minimum absolute atomic E-state index is 0.758. The first-order chi connectivity index (χ1) is 9.19. The summed E-state index contributed by atoms with van der Waals surface area (Å²) in [5.41, 5.74) is 0. The average molecular weight is 266 g/mol. The fourth-order valence-electron chi connectivity index (χ4n) is 4.48. The highest BCUT2D eigenvalue weighted by Crippen LogP contribution is 2.35. The zero-order chi connectivity index (χ0) is 13.8. The number of nitrogens with one attached hydrogen (secondary N) is 1. The minimum Gasteiger partial charge on any atom is -0.317 e. The summed E-state index contributed by atoms with van der Waals surface area (Å²) < 4.78 is 0. The third-order valence-corrected chi connectivity index (χ3v) is 5.91. The number of likely N-dealkylation sites (tertiary alicyclic amines) is 1. The monoisotopic (exact) mass is 266 g/mol. The largest absolute Gasteiger partial charge is 0.317 e. The van der Waals surface area contributed by atoms with Crippen molar-refractivity contribution in [2.24, 2.45) is 11.8 Å². The Kier molecular flexibility index (Phi) is 5.70. The van der Waals surface area contributed by atoms with Crippen LogP contribution in [0.25, 0.3) is 0 Å². The van der Waals surface area contributed by atoms with Gasteiger partial charge in [0, 0.05) is 24.7 Å². The molecule has 0 aromatic carbocycles. The fourth-order valence-corrected chi connectivity index (χ4v) is 4.48. The highest BCUT2D eigenvalue weighted by atomic mass is 15.2. The second kappa shape index (κ2) is 7.08. The maximum absolute atomic E-state index is 3.59. The Labute approximate surface area is 120 Å². The molecule has 2 fully saturated rings. The highest BCUT2D eigenvalue weighted by Gasteiger charge is 2.35. The van der Waals surface area contributed by atoms with Crippen LogP contribution in [-0.2, 0) is 0 Å². The molecule has 1 aliphatic carbocycles. The molecule has 112 valence electrons. The van der Waals surface area contributed by atoms with Crippen molar-refractivity contribution in [1.82, 2.24) is 10.2 Å². The van der Waals surface area contributed by atoms with Crippen LogP contribution in [-0.4, -0.2) is 36.6 Å². The van der Waals surface area contributed by atoms with E-state index >= 15 is 0 Å². The molecule has 1 N–H and O–H groups in total. The van der Waals surface area contributed by atoms with E-state index < -0.39 is 0 Å². The molecule has 1 saturated heterocycles. The van der Waals surface area contributed by atoms with Crippen molar-refractivity contribution in [3.63, 3.8) is 0 Å².